The van der Waals surface area contributed by atoms with Gasteiger partial charge in [-0.3, -0.25) is 0 Å². The Balaban J connectivity index is 2.17. The molecule has 0 bridgehead atoms. The molecule has 2 heterocycles. The molecule has 106 valence electrons. The maximum absolute atomic E-state index is 5.50. The zero-order chi connectivity index (χ0) is 13.5. The Morgan fingerprint density at radius 2 is 2.16 bits per heavy atom. The average molecular weight is 264 g/mol. The number of hydrogen-bond acceptors (Lipinski definition) is 5. The summed E-state index contributed by atoms with van der Waals surface area (Å²) >= 11 is 0. The number of aryl methyl sites for hydroxylation is 1. The predicted molar refractivity (Wildman–Crippen MR) is 77.8 cm³/mol. The molecule has 0 spiro atoms. The number of hydrogen-bond donors (Lipinski definition) is 1. The van der Waals surface area contributed by atoms with Crippen molar-refractivity contribution in [3.05, 3.63) is 11.9 Å². The second kappa shape index (κ2) is 7.28. The lowest BCUT2D eigenvalue weighted by Crippen LogP contribution is -2.27. The van der Waals surface area contributed by atoms with Crippen LogP contribution in [0.1, 0.15) is 32.5 Å². The van der Waals surface area contributed by atoms with Crippen molar-refractivity contribution < 1.29 is 4.74 Å². The van der Waals surface area contributed by atoms with Crippen LogP contribution in [-0.2, 0) is 11.2 Å². The van der Waals surface area contributed by atoms with Crippen LogP contribution in [0.25, 0.3) is 0 Å². The first-order chi connectivity index (χ1) is 9.33. The molecule has 0 aliphatic carbocycles. The van der Waals surface area contributed by atoms with Gasteiger partial charge in [0.2, 0.25) is 0 Å². The van der Waals surface area contributed by atoms with E-state index in [-0.39, 0.29) is 0 Å². The number of nitrogens with zero attached hydrogens (tertiary/aromatic N) is 3. The van der Waals surface area contributed by atoms with Crippen molar-refractivity contribution in [2.45, 2.75) is 33.1 Å². The summed E-state index contributed by atoms with van der Waals surface area (Å²) < 4.78 is 5.50. The van der Waals surface area contributed by atoms with Gasteiger partial charge in [-0.2, -0.15) is 0 Å². The van der Waals surface area contributed by atoms with E-state index in [2.05, 4.69) is 40.1 Å². The minimum absolute atomic E-state index is 0.781. The Bertz CT molecular complexity index is 389. The van der Waals surface area contributed by atoms with Crippen LogP contribution in [0, 0.1) is 0 Å². The van der Waals surface area contributed by atoms with Crippen molar-refractivity contribution in [1.82, 2.24) is 9.97 Å². The van der Waals surface area contributed by atoms with E-state index in [9.17, 15) is 0 Å². The van der Waals surface area contributed by atoms with E-state index in [1.807, 2.05) is 0 Å². The molecule has 1 aromatic heterocycles. The molecule has 0 atom stereocenters. The van der Waals surface area contributed by atoms with Gasteiger partial charge in [0, 0.05) is 38.7 Å². The molecule has 0 radical (unpaired) electrons. The van der Waals surface area contributed by atoms with Gasteiger partial charge in [-0.1, -0.05) is 13.8 Å². The summed E-state index contributed by atoms with van der Waals surface area (Å²) in [4.78, 5) is 11.5. The first-order valence-corrected chi connectivity index (χ1v) is 7.28. The van der Waals surface area contributed by atoms with Gasteiger partial charge in [-0.05, 0) is 12.8 Å². The number of aromatic nitrogens is 2. The molecule has 0 saturated carbocycles. The van der Waals surface area contributed by atoms with E-state index in [1.165, 1.54) is 0 Å². The van der Waals surface area contributed by atoms with Gasteiger partial charge >= 0.3 is 0 Å². The minimum atomic E-state index is 0.781. The standard InChI is InChI=1S/C14H24N4O/c1-3-6-15-13-11-14(17-12(4-2)16-13)18-7-5-9-19-10-8-18/h11H,3-10H2,1-2H3,(H,15,16,17). The van der Waals surface area contributed by atoms with Crippen LogP contribution in [0.5, 0.6) is 0 Å². The van der Waals surface area contributed by atoms with E-state index in [4.69, 9.17) is 4.74 Å². The molecule has 5 heteroatoms. The third kappa shape index (κ3) is 4.06. The molecule has 1 aromatic rings. The van der Waals surface area contributed by atoms with Crippen LogP contribution in [0.2, 0.25) is 0 Å². The molecule has 1 saturated heterocycles. The molecule has 1 fully saturated rings. The van der Waals surface area contributed by atoms with Gasteiger partial charge < -0.3 is 15.0 Å². The van der Waals surface area contributed by atoms with E-state index < -0.39 is 0 Å². The van der Waals surface area contributed by atoms with E-state index in [1.54, 1.807) is 0 Å². The van der Waals surface area contributed by atoms with Gasteiger partial charge in [-0.15, -0.1) is 0 Å². The van der Waals surface area contributed by atoms with Crippen molar-refractivity contribution in [1.29, 1.82) is 0 Å². The Morgan fingerprint density at radius 1 is 1.26 bits per heavy atom. The fourth-order valence-electron chi connectivity index (χ4n) is 2.12. The van der Waals surface area contributed by atoms with Crippen LogP contribution in [0.4, 0.5) is 11.6 Å². The molecule has 0 unspecified atom stereocenters. The van der Waals surface area contributed by atoms with Gasteiger partial charge in [0.25, 0.3) is 0 Å². The van der Waals surface area contributed by atoms with Crippen molar-refractivity contribution in [2.24, 2.45) is 0 Å². The zero-order valence-corrected chi connectivity index (χ0v) is 12.0. The van der Waals surface area contributed by atoms with Gasteiger partial charge in [0.05, 0.1) is 6.61 Å². The lowest BCUT2D eigenvalue weighted by Gasteiger charge is -2.21. The predicted octanol–water partition coefficient (Wildman–Crippen LogP) is 2.09. The SMILES string of the molecule is CCCNc1cc(N2CCCOCC2)nc(CC)n1. The molecule has 1 N–H and O–H groups in total. The Hall–Kier alpha value is -1.36. The second-order valence-electron chi connectivity index (χ2n) is 4.76. The molecular weight excluding hydrogens is 240 g/mol. The van der Waals surface area contributed by atoms with Crippen LogP contribution < -0.4 is 10.2 Å². The van der Waals surface area contributed by atoms with Crippen LogP contribution in [0.3, 0.4) is 0 Å². The molecule has 0 amide bonds. The van der Waals surface area contributed by atoms with Crippen LogP contribution in [0.15, 0.2) is 6.07 Å². The lowest BCUT2D eigenvalue weighted by molar-refractivity contribution is 0.152. The molecule has 1 aliphatic rings. The van der Waals surface area contributed by atoms with E-state index in [0.29, 0.717) is 0 Å². The Labute approximate surface area is 115 Å². The molecule has 5 nitrogen and oxygen atoms in total. The fourth-order valence-corrected chi connectivity index (χ4v) is 2.12. The third-order valence-corrected chi connectivity index (χ3v) is 3.18. The van der Waals surface area contributed by atoms with Gasteiger partial charge in [0.1, 0.15) is 17.5 Å². The largest absolute Gasteiger partial charge is 0.380 e. The Kier molecular flexibility index (Phi) is 5.39. The van der Waals surface area contributed by atoms with Gasteiger partial charge in [-0.25, -0.2) is 9.97 Å². The quantitative estimate of drug-likeness (QED) is 0.882. The summed E-state index contributed by atoms with van der Waals surface area (Å²) in [6.45, 7) is 8.74. The van der Waals surface area contributed by atoms with Crippen molar-refractivity contribution in [3.63, 3.8) is 0 Å². The highest BCUT2D eigenvalue weighted by atomic mass is 16.5. The average Bonchev–Trinajstić information content (AvgIpc) is 2.73. The number of ether oxygens (including phenoxy) is 1. The maximum Gasteiger partial charge on any atom is 0.134 e. The Morgan fingerprint density at radius 3 is 2.95 bits per heavy atom. The smallest absolute Gasteiger partial charge is 0.134 e. The first-order valence-electron chi connectivity index (χ1n) is 7.28. The van der Waals surface area contributed by atoms with Crippen LogP contribution >= 0.6 is 0 Å². The summed E-state index contributed by atoms with van der Waals surface area (Å²) in [6.07, 6.45) is 3.01. The molecule has 19 heavy (non-hydrogen) atoms. The monoisotopic (exact) mass is 264 g/mol. The maximum atomic E-state index is 5.50. The van der Waals surface area contributed by atoms with Crippen molar-refractivity contribution >= 4 is 11.6 Å². The normalized spacial score (nSPS) is 16.2. The summed E-state index contributed by atoms with van der Waals surface area (Å²) in [7, 11) is 0. The van der Waals surface area contributed by atoms with Crippen LogP contribution in [-0.4, -0.2) is 42.8 Å². The second-order valence-corrected chi connectivity index (χ2v) is 4.76. The number of nitrogens with one attached hydrogen (secondary N) is 1. The highest BCUT2D eigenvalue weighted by molar-refractivity contribution is 5.49. The summed E-state index contributed by atoms with van der Waals surface area (Å²) in [5.74, 6) is 2.87. The minimum Gasteiger partial charge on any atom is -0.380 e. The lowest BCUT2D eigenvalue weighted by atomic mass is 10.3. The molecular formula is C14H24N4O. The van der Waals surface area contributed by atoms with Crippen molar-refractivity contribution in [3.8, 4) is 0 Å². The summed E-state index contributed by atoms with van der Waals surface area (Å²) in [6, 6.07) is 2.06. The highest BCUT2D eigenvalue weighted by Crippen LogP contribution is 2.17. The van der Waals surface area contributed by atoms with Crippen molar-refractivity contribution in [2.75, 3.05) is 43.1 Å². The number of rotatable bonds is 5. The van der Waals surface area contributed by atoms with Gasteiger partial charge in [0.15, 0.2) is 0 Å². The molecule has 1 aliphatic heterocycles. The molecule has 0 aromatic carbocycles. The number of anilines is 2. The topological polar surface area (TPSA) is 50.3 Å². The van der Waals surface area contributed by atoms with E-state index in [0.717, 1.165) is 69.6 Å². The zero-order valence-electron chi connectivity index (χ0n) is 12.0. The fraction of sp³-hybridized carbons (Fsp3) is 0.714. The summed E-state index contributed by atoms with van der Waals surface area (Å²) in [5.41, 5.74) is 0. The molecule has 2 rings (SSSR count). The van der Waals surface area contributed by atoms with E-state index >= 15 is 0 Å². The summed E-state index contributed by atoms with van der Waals surface area (Å²) in [5, 5.41) is 3.36. The highest BCUT2D eigenvalue weighted by Gasteiger charge is 2.13. The first kappa shape index (κ1) is 14.1. The third-order valence-electron chi connectivity index (χ3n) is 3.18.